The van der Waals surface area contributed by atoms with Crippen molar-refractivity contribution in [3.8, 4) is 0 Å². The SMILES string of the molecule is CCc1nc(C)c(NC(=O)N2CCC3(CCC3)S(=O)(=O)CC2)s1. The summed E-state index contributed by atoms with van der Waals surface area (Å²) < 4.78 is 24.4. The molecule has 0 atom stereocenters. The molecular formula is C15H23N3O3S2. The lowest BCUT2D eigenvalue weighted by Crippen LogP contribution is -2.46. The molecule has 23 heavy (non-hydrogen) atoms. The number of hydrogen-bond acceptors (Lipinski definition) is 5. The van der Waals surface area contributed by atoms with Gasteiger partial charge in [0.2, 0.25) is 0 Å². The molecule has 2 aliphatic rings. The Morgan fingerprint density at radius 3 is 2.65 bits per heavy atom. The largest absolute Gasteiger partial charge is 0.323 e. The topological polar surface area (TPSA) is 79.4 Å². The van der Waals surface area contributed by atoms with Gasteiger partial charge >= 0.3 is 6.03 Å². The summed E-state index contributed by atoms with van der Waals surface area (Å²) in [5.41, 5.74) is 0.818. The number of anilines is 1. The van der Waals surface area contributed by atoms with E-state index in [2.05, 4.69) is 10.3 Å². The van der Waals surface area contributed by atoms with Gasteiger partial charge in [0, 0.05) is 13.1 Å². The minimum atomic E-state index is -3.10. The van der Waals surface area contributed by atoms with Crippen molar-refractivity contribution in [3.05, 3.63) is 10.7 Å². The number of thiazole rings is 1. The molecule has 1 aliphatic heterocycles. The van der Waals surface area contributed by atoms with Gasteiger partial charge in [0.05, 0.1) is 21.2 Å². The second-order valence-corrected chi connectivity index (χ2v) is 9.99. The molecule has 1 spiro atoms. The van der Waals surface area contributed by atoms with Gasteiger partial charge in [-0.2, -0.15) is 0 Å². The highest BCUT2D eigenvalue weighted by Crippen LogP contribution is 2.44. The number of aromatic nitrogens is 1. The summed E-state index contributed by atoms with van der Waals surface area (Å²) in [6.45, 7) is 4.68. The van der Waals surface area contributed by atoms with Gasteiger partial charge in [-0.05, 0) is 32.6 Å². The summed E-state index contributed by atoms with van der Waals surface area (Å²) in [7, 11) is -3.10. The number of aryl methyl sites for hydroxylation is 2. The van der Waals surface area contributed by atoms with Crippen LogP contribution in [0.3, 0.4) is 0 Å². The van der Waals surface area contributed by atoms with E-state index >= 15 is 0 Å². The van der Waals surface area contributed by atoms with E-state index in [1.54, 1.807) is 4.90 Å². The molecule has 2 heterocycles. The maximum Gasteiger partial charge on any atom is 0.322 e. The van der Waals surface area contributed by atoms with Gasteiger partial charge in [-0.3, -0.25) is 5.32 Å². The highest BCUT2D eigenvalue weighted by molar-refractivity contribution is 7.92. The minimum absolute atomic E-state index is 0.0717. The normalized spacial score (nSPS) is 22.4. The van der Waals surface area contributed by atoms with E-state index in [-0.39, 0.29) is 18.3 Å². The number of carbonyl (C=O) groups is 1. The summed E-state index contributed by atoms with van der Waals surface area (Å²) in [5, 5.41) is 4.65. The highest BCUT2D eigenvalue weighted by Gasteiger charge is 2.49. The van der Waals surface area contributed by atoms with Crippen LogP contribution in [0, 0.1) is 6.92 Å². The van der Waals surface area contributed by atoms with Crippen molar-refractivity contribution in [1.29, 1.82) is 0 Å². The molecule has 0 radical (unpaired) electrons. The van der Waals surface area contributed by atoms with Crippen molar-refractivity contribution in [3.63, 3.8) is 0 Å². The van der Waals surface area contributed by atoms with E-state index in [1.165, 1.54) is 11.3 Å². The molecule has 1 aromatic heterocycles. The first-order valence-corrected chi connectivity index (χ1v) is 10.6. The Morgan fingerprint density at radius 2 is 2.09 bits per heavy atom. The Kier molecular flexibility index (Phi) is 4.39. The van der Waals surface area contributed by atoms with Gasteiger partial charge in [-0.15, -0.1) is 11.3 Å². The van der Waals surface area contributed by atoms with Crippen LogP contribution in [0.1, 0.15) is 43.3 Å². The third-order valence-corrected chi connectivity index (χ3v) is 8.91. The molecule has 8 heteroatoms. The molecule has 128 valence electrons. The van der Waals surface area contributed by atoms with Gasteiger partial charge in [0.1, 0.15) is 5.00 Å². The van der Waals surface area contributed by atoms with Crippen LogP contribution in [0.2, 0.25) is 0 Å². The van der Waals surface area contributed by atoms with Crippen LogP contribution in [0.25, 0.3) is 0 Å². The molecule has 1 aromatic rings. The first-order chi connectivity index (χ1) is 10.9. The van der Waals surface area contributed by atoms with Gasteiger partial charge in [0.25, 0.3) is 0 Å². The average Bonchev–Trinajstić information content (AvgIpc) is 2.72. The van der Waals surface area contributed by atoms with E-state index in [1.807, 2.05) is 13.8 Å². The van der Waals surface area contributed by atoms with Crippen molar-refractivity contribution < 1.29 is 13.2 Å². The molecular weight excluding hydrogens is 334 g/mol. The van der Waals surface area contributed by atoms with Crippen LogP contribution in [0.5, 0.6) is 0 Å². The Bertz CT molecular complexity index is 708. The maximum absolute atomic E-state index is 12.5. The number of urea groups is 1. The number of rotatable bonds is 2. The summed E-state index contributed by atoms with van der Waals surface area (Å²) >= 11 is 1.48. The fourth-order valence-corrected chi connectivity index (χ4v) is 6.38. The first-order valence-electron chi connectivity index (χ1n) is 8.11. The molecule has 2 amide bonds. The zero-order chi connectivity index (χ0) is 16.7. The van der Waals surface area contributed by atoms with E-state index < -0.39 is 14.6 Å². The van der Waals surface area contributed by atoms with Crippen LogP contribution in [-0.2, 0) is 16.3 Å². The van der Waals surface area contributed by atoms with E-state index in [4.69, 9.17) is 0 Å². The van der Waals surface area contributed by atoms with E-state index in [9.17, 15) is 13.2 Å². The lowest BCUT2D eigenvalue weighted by molar-refractivity contribution is 0.209. The predicted molar refractivity (Wildman–Crippen MR) is 91.8 cm³/mol. The first kappa shape index (κ1) is 16.7. The molecule has 1 N–H and O–H groups in total. The smallest absolute Gasteiger partial charge is 0.322 e. The molecule has 6 nitrogen and oxygen atoms in total. The number of sulfone groups is 1. The number of hydrogen-bond donors (Lipinski definition) is 1. The quantitative estimate of drug-likeness (QED) is 0.882. The van der Waals surface area contributed by atoms with Crippen molar-refractivity contribution in [1.82, 2.24) is 9.88 Å². The van der Waals surface area contributed by atoms with Crippen LogP contribution in [0.4, 0.5) is 9.80 Å². The lowest BCUT2D eigenvalue weighted by atomic mass is 9.81. The average molecular weight is 358 g/mol. The molecule has 1 saturated carbocycles. The third-order valence-electron chi connectivity index (χ3n) is 5.04. The van der Waals surface area contributed by atoms with Crippen molar-refractivity contribution in [2.75, 3.05) is 24.2 Å². The van der Waals surface area contributed by atoms with Gasteiger partial charge in [-0.25, -0.2) is 18.2 Å². The Hall–Kier alpha value is -1.15. The second-order valence-electron chi connectivity index (χ2n) is 6.40. The zero-order valence-electron chi connectivity index (χ0n) is 13.6. The fourth-order valence-electron chi connectivity index (χ4n) is 3.28. The van der Waals surface area contributed by atoms with Gasteiger partial charge < -0.3 is 4.90 Å². The maximum atomic E-state index is 12.5. The monoisotopic (exact) mass is 357 g/mol. The molecule has 0 unspecified atom stereocenters. The summed E-state index contributed by atoms with van der Waals surface area (Å²) in [4.78, 5) is 18.5. The summed E-state index contributed by atoms with van der Waals surface area (Å²) in [6, 6.07) is -0.217. The Balaban J connectivity index is 1.70. The van der Waals surface area contributed by atoms with Gasteiger partial charge in [-0.1, -0.05) is 13.3 Å². The Morgan fingerprint density at radius 1 is 1.35 bits per heavy atom. The van der Waals surface area contributed by atoms with Crippen LogP contribution in [-0.4, -0.2) is 47.9 Å². The van der Waals surface area contributed by atoms with Crippen molar-refractivity contribution >= 4 is 32.2 Å². The van der Waals surface area contributed by atoms with E-state index in [0.717, 1.165) is 41.4 Å². The number of amides is 2. The number of nitrogens with zero attached hydrogens (tertiary/aromatic N) is 2. The second kappa shape index (κ2) is 6.05. The number of nitrogens with one attached hydrogen (secondary N) is 1. The van der Waals surface area contributed by atoms with Crippen LogP contribution < -0.4 is 5.32 Å². The van der Waals surface area contributed by atoms with Crippen LogP contribution >= 0.6 is 11.3 Å². The zero-order valence-corrected chi connectivity index (χ0v) is 15.2. The predicted octanol–water partition coefficient (Wildman–Crippen LogP) is 2.59. The fraction of sp³-hybridized carbons (Fsp3) is 0.733. The third kappa shape index (κ3) is 2.98. The molecule has 1 saturated heterocycles. The lowest BCUT2D eigenvalue weighted by Gasteiger charge is -2.39. The van der Waals surface area contributed by atoms with Crippen LogP contribution in [0.15, 0.2) is 0 Å². The minimum Gasteiger partial charge on any atom is -0.323 e. The standard InChI is InChI=1S/C15H23N3O3S2/c1-3-12-16-11(2)13(22-12)17-14(19)18-8-7-15(5-4-6-15)23(20,21)10-9-18/h3-10H2,1-2H3,(H,17,19). The molecule has 0 aromatic carbocycles. The van der Waals surface area contributed by atoms with Gasteiger partial charge in [0.15, 0.2) is 9.84 Å². The highest BCUT2D eigenvalue weighted by atomic mass is 32.2. The molecule has 0 bridgehead atoms. The van der Waals surface area contributed by atoms with E-state index in [0.29, 0.717) is 13.0 Å². The summed E-state index contributed by atoms with van der Waals surface area (Å²) in [5.74, 6) is 0.0717. The molecule has 1 aliphatic carbocycles. The Labute approximate surface area is 141 Å². The van der Waals surface area contributed by atoms with Crippen molar-refractivity contribution in [2.24, 2.45) is 0 Å². The number of carbonyl (C=O) groups excluding carboxylic acids is 1. The summed E-state index contributed by atoms with van der Waals surface area (Å²) in [6.07, 6.45) is 3.87. The molecule has 2 fully saturated rings. The molecule has 3 rings (SSSR count). The van der Waals surface area contributed by atoms with Crippen molar-refractivity contribution in [2.45, 2.75) is 50.7 Å².